The van der Waals surface area contributed by atoms with Crippen molar-refractivity contribution in [2.45, 2.75) is 37.3 Å². The van der Waals surface area contributed by atoms with Gasteiger partial charge in [-0.05, 0) is 55.7 Å². The molecular weight excluding hydrogens is 472 g/mol. The van der Waals surface area contributed by atoms with E-state index in [9.17, 15) is 18.0 Å². The smallest absolute Gasteiger partial charge is 0.338 e. The van der Waals surface area contributed by atoms with Gasteiger partial charge in [-0.2, -0.15) is 4.31 Å². The van der Waals surface area contributed by atoms with Gasteiger partial charge < -0.3 is 19.5 Å². The van der Waals surface area contributed by atoms with Gasteiger partial charge in [0.2, 0.25) is 16.8 Å². The van der Waals surface area contributed by atoms with Crippen molar-refractivity contribution in [1.82, 2.24) is 9.62 Å². The number of benzene rings is 2. The number of ether oxygens (including phenoxy) is 3. The molecule has 1 unspecified atom stereocenters. The van der Waals surface area contributed by atoms with Gasteiger partial charge in [0.15, 0.2) is 17.6 Å². The van der Waals surface area contributed by atoms with Gasteiger partial charge in [0.1, 0.15) is 4.90 Å². The van der Waals surface area contributed by atoms with Crippen LogP contribution in [0.25, 0.3) is 0 Å². The Bertz CT molecular complexity index is 1180. The minimum atomic E-state index is -3.82. The first-order chi connectivity index (χ1) is 15.8. The summed E-state index contributed by atoms with van der Waals surface area (Å²) in [5.41, 5.74) is 0.785. The minimum absolute atomic E-state index is 0.00686. The van der Waals surface area contributed by atoms with E-state index in [1.54, 1.807) is 18.2 Å². The summed E-state index contributed by atoms with van der Waals surface area (Å²) in [7, 11) is -3.82. The lowest BCUT2D eigenvalue weighted by atomic mass is 10.2. The van der Waals surface area contributed by atoms with Gasteiger partial charge in [-0.25, -0.2) is 13.2 Å². The van der Waals surface area contributed by atoms with Gasteiger partial charge in [0.05, 0.1) is 10.6 Å². The standard InChI is InChI=1S/C22H23ClN2O7S/c1-14(21(26)24-12-15-4-7-18-19(10-15)31-13-30-18)32-22(27)16-5-6-17(23)20(11-16)33(28,29)25-8-2-3-9-25/h4-7,10-11,14H,2-3,8-9,12-13H2,1H3,(H,24,26). The van der Waals surface area contributed by atoms with Gasteiger partial charge in [-0.1, -0.05) is 17.7 Å². The van der Waals surface area contributed by atoms with Crippen LogP contribution in [0.4, 0.5) is 0 Å². The Morgan fingerprint density at radius 2 is 1.85 bits per heavy atom. The van der Waals surface area contributed by atoms with Crippen LogP contribution in [0, 0.1) is 0 Å². The molecule has 2 heterocycles. The highest BCUT2D eigenvalue weighted by molar-refractivity contribution is 7.89. The molecule has 2 aliphatic heterocycles. The Balaban J connectivity index is 1.38. The topological polar surface area (TPSA) is 111 Å². The molecule has 33 heavy (non-hydrogen) atoms. The van der Waals surface area contributed by atoms with Crippen LogP contribution in [-0.4, -0.2) is 50.6 Å². The molecule has 0 spiro atoms. The first-order valence-electron chi connectivity index (χ1n) is 10.4. The maximum atomic E-state index is 12.9. The molecule has 2 aliphatic rings. The van der Waals surface area contributed by atoms with E-state index < -0.39 is 28.0 Å². The van der Waals surface area contributed by atoms with Crippen LogP contribution in [0.1, 0.15) is 35.7 Å². The molecule has 4 rings (SSSR count). The fraction of sp³-hybridized carbons (Fsp3) is 0.364. The number of hydrogen-bond acceptors (Lipinski definition) is 7. The van der Waals surface area contributed by atoms with E-state index in [0.29, 0.717) is 24.6 Å². The van der Waals surface area contributed by atoms with Gasteiger partial charge in [-0.15, -0.1) is 0 Å². The van der Waals surface area contributed by atoms with Crippen LogP contribution >= 0.6 is 11.6 Å². The quantitative estimate of drug-likeness (QED) is 0.589. The van der Waals surface area contributed by atoms with Crippen molar-refractivity contribution in [2.24, 2.45) is 0 Å². The first kappa shape index (κ1) is 23.3. The average molecular weight is 495 g/mol. The molecule has 2 aromatic rings. The third kappa shape index (κ3) is 5.07. The number of amides is 1. The highest BCUT2D eigenvalue weighted by Crippen LogP contribution is 2.32. The van der Waals surface area contributed by atoms with Gasteiger partial charge in [0, 0.05) is 19.6 Å². The average Bonchev–Trinajstić information content (AvgIpc) is 3.49. The third-order valence-electron chi connectivity index (χ3n) is 5.41. The summed E-state index contributed by atoms with van der Waals surface area (Å²) in [5.74, 6) is -0.0831. The molecule has 2 aromatic carbocycles. The Hall–Kier alpha value is -2.82. The van der Waals surface area contributed by atoms with Crippen LogP contribution in [0.15, 0.2) is 41.3 Å². The van der Waals surface area contributed by atoms with Crippen LogP contribution in [0.2, 0.25) is 5.02 Å². The van der Waals surface area contributed by atoms with Gasteiger partial charge >= 0.3 is 5.97 Å². The largest absolute Gasteiger partial charge is 0.454 e. The second kappa shape index (κ2) is 9.58. The number of sulfonamides is 1. The van der Waals surface area contributed by atoms with Crippen LogP contribution in [0.5, 0.6) is 11.5 Å². The Kier molecular flexibility index (Phi) is 6.78. The fourth-order valence-corrected chi connectivity index (χ4v) is 5.58. The zero-order valence-corrected chi connectivity index (χ0v) is 19.4. The molecule has 9 nitrogen and oxygen atoms in total. The molecule has 1 N–H and O–H groups in total. The van der Waals surface area contributed by atoms with Crippen molar-refractivity contribution in [3.05, 3.63) is 52.5 Å². The van der Waals surface area contributed by atoms with Crippen molar-refractivity contribution in [3.8, 4) is 11.5 Å². The van der Waals surface area contributed by atoms with Crippen LogP contribution in [0.3, 0.4) is 0 Å². The molecular formula is C22H23ClN2O7S. The molecule has 1 amide bonds. The maximum absolute atomic E-state index is 12.9. The summed E-state index contributed by atoms with van der Waals surface area (Å²) < 4.78 is 42.9. The second-order valence-corrected chi connectivity index (χ2v) is 10.0. The van der Waals surface area contributed by atoms with Crippen molar-refractivity contribution < 1.29 is 32.2 Å². The van der Waals surface area contributed by atoms with Gasteiger partial charge in [0.25, 0.3) is 5.91 Å². The predicted molar refractivity (Wildman–Crippen MR) is 119 cm³/mol. The number of carbonyl (C=O) groups is 2. The number of nitrogens with zero attached hydrogens (tertiary/aromatic N) is 1. The molecule has 11 heteroatoms. The van der Waals surface area contributed by atoms with Crippen molar-refractivity contribution in [2.75, 3.05) is 19.9 Å². The van der Waals surface area contributed by atoms with E-state index in [-0.39, 0.29) is 28.8 Å². The van der Waals surface area contributed by atoms with Crippen molar-refractivity contribution in [1.29, 1.82) is 0 Å². The Morgan fingerprint density at radius 1 is 1.12 bits per heavy atom. The molecule has 0 bridgehead atoms. The minimum Gasteiger partial charge on any atom is -0.454 e. The molecule has 0 aromatic heterocycles. The third-order valence-corrected chi connectivity index (χ3v) is 7.79. The predicted octanol–water partition coefficient (Wildman–Crippen LogP) is 2.71. The molecule has 1 saturated heterocycles. The summed E-state index contributed by atoms with van der Waals surface area (Å²) in [5, 5.41) is 2.71. The lowest BCUT2D eigenvalue weighted by molar-refractivity contribution is -0.129. The summed E-state index contributed by atoms with van der Waals surface area (Å²) in [4.78, 5) is 24.8. The number of rotatable bonds is 7. The molecule has 0 aliphatic carbocycles. The lowest BCUT2D eigenvalue weighted by Gasteiger charge is -2.17. The molecule has 0 radical (unpaired) electrons. The van der Waals surface area contributed by atoms with Gasteiger partial charge in [-0.3, -0.25) is 4.79 Å². The van der Waals surface area contributed by atoms with Crippen LogP contribution in [-0.2, 0) is 26.1 Å². The van der Waals surface area contributed by atoms with Crippen molar-refractivity contribution >= 4 is 33.5 Å². The number of halogens is 1. The maximum Gasteiger partial charge on any atom is 0.338 e. The van der Waals surface area contributed by atoms with E-state index in [0.717, 1.165) is 18.4 Å². The van der Waals surface area contributed by atoms with E-state index in [1.165, 1.54) is 29.4 Å². The van der Waals surface area contributed by atoms with E-state index >= 15 is 0 Å². The summed E-state index contributed by atoms with van der Waals surface area (Å²) in [6, 6.07) is 9.20. The summed E-state index contributed by atoms with van der Waals surface area (Å²) in [6.07, 6.45) is 0.454. The van der Waals surface area contributed by atoms with Crippen LogP contribution < -0.4 is 14.8 Å². The summed E-state index contributed by atoms with van der Waals surface area (Å²) >= 11 is 6.12. The monoisotopic (exact) mass is 494 g/mol. The fourth-order valence-electron chi connectivity index (χ4n) is 3.56. The number of nitrogens with one attached hydrogen (secondary N) is 1. The second-order valence-electron chi connectivity index (χ2n) is 7.71. The lowest BCUT2D eigenvalue weighted by Crippen LogP contribution is -2.35. The Morgan fingerprint density at radius 3 is 2.61 bits per heavy atom. The molecule has 176 valence electrons. The van der Waals surface area contributed by atoms with E-state index in [1.807, 2.05) is 0 Å². The number of fused-ring (bicyclic) bond motifs is 1. The van der Waals surface area contributed by atoms with E-state index in [4.69, 9.17) is 25.8 Å². The Labute approximate surface area is 196 Å². The highest BCUT2D eigenvalue weighted by atomic mass is 35.5. The number of hydrogen-bond donors (Lipinski definition) is 1. The molecule has 1 fully saturated rings. The zero-order chi connectivity index (χ0) is 23.6. The molecule has 0 saturated carbocycles. The number of esters is 1. The first-order valence-corrected chi connectivity index (χ1v) is 12.2. The van der Waals surface area contributed by atoms with E-state index in [2.05, 4.69) is 5.32 Å². The zero-order valence-electron chi connectivity index (χ0n) is 17.9. The SMILES string of the molecule is CC(OC(=O)c1ccc(Cl)c(S(=O)(=O)N2CCCC2)c1)C(=O)NCc1ccc2c(c1)OCO2. The number of carbonyl (C=O) groups excluding carboxylic acids is 2. The normalized spacial score (nSPS) is 16.4. The molecule has 1 atom stereocenters. The van der Waals surface area contributed by atoms with Crippen molar-refractivity contribution in [3.63, 3.8) is 0 Å². The summed E-state index contributed by atoms with van der Waals surface area (Å²) in [6.45, 7) is 2.62. The highest BCUT2D eigenvalue weighted by Gasteiger charge is 2.30.